The minimum atomic E-state index is 0.297. The van der Waals surface area contributed by atoms with Gasteiger partial charge in [0.15, 0.2) is 0 Å². The third-order valence-electron chi connectivity index (χ3n) is 1.98. The van der Waals surface area contributed by atoms with Crippen LogP contribution >= 0.6 is 0 Å². The molecule has 0 amide bonds. The van der Waals surface area contributed by atoms with E-state index >= 15 is 0 Å². The Morgan fingerprint density at radius 2 is 2.27 bits per heavy atom. The van der Waals surface area contributed by atoms with E-state index in [1.165, 1.54) is 19.0 Å². The van der Waals surface area contributed by atoms with E-state index in [4.69, 9.17) is 10.00 Å². The monoisotopic (exact) mass is 205 g/mol. The predicted octanol–water partition coefficient (Wildman–Crippen LogP) is 2.31. The number of nitrogens with zero attached hydrogens (tertiary/aromatic N) is 3. The van der Waals surface area contributed by atoms with Gasteiger partial charge in [-0.3, -0.25) is 0 Å². The molecule has 0 aliphatic heterocycles. The van der Waals surface area contributed by atoms with Gasteiger partial charge in [-0.2, -0.15) is 10.2 Å². The van der Waals surface area contributed by atoms with Crippen LogP contribution in [0.4, 0.5) is 0 Å². The van der Waals surface area contributed by atoms with Crippen molar-refractivity contribution >= 4 is 0 Å². The molecule has 1 aromatic heterocycles. The molecule has 0 unspecified atom stereocenters. The molecule has 80 valence electrons. The zero-order valence-corrected chi connectivity index (χ0v) is 8.94. The summed E-state index contributed by atoms with van der Waals surface area (Å²) in [5.74, 6) is 0. The van der Waals surface area contributed by atoms with Crippen molar-refractivity contribution in [3.05, 3.63) is 18.0 Å². The Hall–Kier alpha value is -1.63. The first kappa shape index (κ1) is 11.4. The van der Waals surface area contributed by atoms with Gasteiger partial charge in [-0.1, -0.05) is 26.2 Å². The summed E-state index contributed by atoms with van der Waals surface area (Å²) in [5.41, 5.74) is 0.341. The molecule has 1 heterocycles. The molecule has 0 aliphatic rings. The predicted molar refractivity (Wildman–Crippen MR) is 56.4 cm³/mol. The van der Waals surface area contributed by atoms with E-state index in [-0.39, 0.29) is 0 Å². The van der Waals surface area contributed by atoms with Crippen molar-refractivity contribution in [1.29, 1.82) is 5.26 Å². The van der Waals surface area contributed by atoms with Crippen LogP contribution in [0.5, 0.6) is 6.01 Å². The van der Waals surface area contributed by atoms with Crippen molar-refractivity contribution in [1.82, 2.24) is 9.97 Å². The summed E-state index contributed by atoms with van der Waals surface area (Å²) in [7, 11) is 0. The van der Waals surface area contributed by atoms with Crippen LogP contribution < -0.4 is 4.74 Å². The van der Waals surface area contributed by atoms with Crippen LogP contribution in [0.1, 0.15) is 38.3 Å². The van der Waals surface area contributed by atoms with E-state index < -0.39 is 0 Å². The molecule has 0 N–H and O–H groups in total. The zero-order chi connectivity index (χ0) is 10.9. The van der Waals surface area contributed by atoms with E-state index in [9.17, 15) is 0 Å². The van der Waals surface area contributed by atoms with Gasteiger partial charge >= 0.3 is 6.01 Å². The Morgan fingerprint density at radius 3 is 3.00 bits per heavy atom. The van der Waals surface area contributed by atoms with Gasteiger partial charge in [-0.05, 0) is 12.5 Å². The lowest BCUT2D eigenvalue weighted by Crippen LogP contribution is -2.01. The van der Waals surface area contributed by atoms with Crippen LogP contribution in [0.15, 0.2) is 12.3 Å². The summed E-state index contributed by atoms with van der Waals surface area (Å²) < 4.78 is 5.32. The van der Waals surface area contributed by atoms with Crippen LogP contribution in [-0.2, 0) is 0 Å². The third-order valence-corrected chi connectivity index (χ3v) is 1.98. The lowest BCUT2D eigenvalue weighted by Gasteiger charge is -2.03. The number of rotatable bonds is 6. The SMILES string of the molecule is CCCCCCOc1nccc(C#N)n1. The number of ether oxygens (including phenoxy) is 1. The van der Waals surface area contributed by atoms with Gasteiger partial charge in [0.1, 0.15) is 11.8 Å². The van der Waals surface area contributed by atoms with E-state index in [2.05, 4.69) is 16.9 Å². The number of nitriles is 1. The average molecular weight is 205 g/mol. The standard InChI is InChI=1S/C11H15N3O/c1-2-3-4-5-8-15-11-13-7-6-10(9-12)14-11/h6-7H,2-5,8H2,1H3. The first-order chi connectivity index (χ1) is 7.36. The van der Waals surface area contributed by atoms with E-state index in [1.807, 2.05) is 6.07 Å². The molecule has 15 heavy (non-hydrogen) atoms. The fraction of sp³-hybridized carbons (Fsp3) is 0.545. The summed E-state index contributed by atoms with van der Waals surface area (Å²) in [5, 5.41) is 8.61. The van der Waals surface area contributed by atoms with Gasteiger partial charge in [-0.15, -0.1) is 0 Å². The molecule has 4 heteroatoms. The molecule has 4 nitrogen and oxygen atoms in total. The normalized spacial score (nSPS) is 9.60. The molecule has 0 atom stereocenters. The maximum atomic E-state index is 8.61. The number of unbranched alkanes of at least 4 members (excludes halogenated alkanes) is 3. The Bertz CT molecular complexity index is 333. The van der Waals surface area contributed by atoms with Gasteiger partial charge < -0.3 is 4.74 Å². The highest BCUT2D eigenvalue weighted by molar-refractivity contribution is 5.19. The molecule has 0 saturated heterocycles. The molecular formula is C11H15N3O. The minimum Gasteiger partial charge on any atom is -0.463 e. The molecule has 1 rings (SSSR count). The minimum absolute atomic E-state index is 0.297. The summed E-state index contributed by atoms with van der Waals surface area (Å²) in [4.78, 5) is 7.84. The smallest absolute Gasteiger partial charge is 0.317 e. The Labute approximate surface area is 89.9 Å². The van der Waals surface area contributed by atoms with Gasteiger partial charge in [0.05, 0.1) is 6.61 Å². The van der Waals surface area contributed by atoms with Gasteiger partial charge in [-0.25, -0.2) is 4.98 Å². The highest BCUT2D eigenvalue weighted by Crippen LogP contribution is 2.04. The quantitative estimate of drug-likeness (QED) is 0.668. The number of hydrogen-bond donors (Lipinski definition) is 0. The molecule has 1 aromatic rings. The van der Waals surface area contributed by atoms with Crippen molar-refractivity contribution in [2.24, 2.45) is 0 Å². The maximum absolute atomic E-state index is 8.61. The molecule has 0 radical (unpaired) electrons. The molecular weight excluding hydrogens is 190 g/mol. The highest BCUT2D eigenvalue weighted by Gasteiger charge is 1.98. The first-order valence-electron chi connectivity index (χ1n) is 5.22. The third kappa shape index (κ3) is 4.41. The second-order valence-corrected chi connectivity index (χ2v) is 3.25. The van der Waals surface area contributed by atoms with Crippen molar-refractivity contribution in [3.63, 3.8) is 0 Å². The molecule has 0 saturated carbocycles. The second-order valence-electron chi connectivity index (χ2n) is 3.25. The van der Waals surface area contributed by atoms with Crippen molar-refractivity contribution in [3.8, 4) is 12.1 Å². The fourth-order valence-corrected chi connectivity index (χ4v) is 1.16. The molecule has 0 bridgehead atoms. The summed E-state index contributed by atoms with van der Waals surface area (Å²) in [6, 6.07) is 3.80. The molecule has 0 spiro atoms. The van der Waals surface area contributed by atoms with Crippen molar-refractivity contribution in [2.75, 3.05) is 6.61 Å². The van der Waals surface area contributed by atoms with Gasteiger partial charge in [0.2, 0.25) is 0 Å². The summed E-state index contributed by atoms with van der Waals surface area (Å²) in [6.45, 7) is 2.79. The Morgan fingerprint density at radius 1 is 1.40 bits per heavy atom. The number of hydrogen-bond acceptors (Lipinski definition) is 4. The van der Waals surface area contributed by atoms with Gasteiger partial charge in [0.25, 0.3) is 0 Å². The average Bonchev–Trinajstić information content (AvgIpc) is 2.29. The van der Waals surface area contributed by atoms with Crippen LogP contribution in [0.25, 0.3) is 0 Å². The highest BCUT2D eigenvalue weighted by atomic mass is 16.5. The van der Waals surface area contributed by atoms with E-state index in [0.29, 0.717) is 18.3 Å². The Balaban J connectivity index is 2.28. The maximum Gasteiger partial charge on any atom is 0.317 e. The summed E-state index contributed by atoms with van der Waals surface area (Å²) in [6.07, 6.45) is 6.14. The van der Waals surface area contributed by atoms with Gasteiger partial charge in [0, 0.05) is 6.20 Å². The Kier molecular flexibility index (Phi) is 5.16. The fourth-order valence-electron chi connectivity index (χ4n) is 1.16. The molecule has 0 aliphatic carbocycles. The zero-order valence-electron chi connectivity index (χ0n) is 8.94. The topological polar surface area (TPSA) is 58.8 Å². The van der Waals surface area contributed by atoms with Crippen molar-refractivity contribution in [2.45, 2.75) is 32.6 Å². The van der Waals surface area contributed by atoms with Crippen LogP contribution in [0, 0.1) is 11.3 Å². The largest absolute Gasteiger partial charge is 0.463 e. The lowest BCUT2D eigenvalue weighted by atomic mass is 10.2. The molecule has 0 aromatic carbocycles. The van der Waals surface area contributed by atoms with Crippen molar-refractivity contribution < 1.29 is 4.74 Å². The van der Waals surface area contributed by atoms with Crippen LogP contribution in [0.2, 0.25) is 0 Å². The van der Waals surface area contributed by atoms with E-state index in [1.54, 1.807) is 6.07 Å². The second kappa shape index (κ2) is 6.77. The first-order valence-corrected chi connectivity index (χ1v) is 5.22. The summed E-state index contributed by atoms with van der Waals surface area (Å²) >= 11 is 0. The number of aromatic nitrogens is 2. The van der Waals surface area contributed by atoms with E-state index in [0.717, 1.165) is 12.8 Å². The van der Waals surface area contributed by atoms with Crippen LogP contribution in [0.3, 0.4) is 0 Å². The lowest BCUT2D eigenvalue weighted by molar-refractivity contribution is 0.281. The molecule has 0 fully saturated rings. The van der Waals surface area contributed by atoms with Crippen LogP contribution in [-0.4, -0.2) is 16.6 Å².